The van der Waals surface area contributed by atoms with E-state index in [0.29, 0.717) is 18.2 Å². The van der Waals surface area contributed by atoms with E-state index in [9.17, 15) is 0 Å². The van der Waals surface area contributed by atoms with Gasteiger partial charge in [0, 0.05) is 28.2 Å². The van der Waals surface area contributed by atoms with Crippen molar-refractivity contribution in [3.8, 4) is 5.75 Å². The second-order valence-corrected chi connectivity index (χ2v) is 5.65. The summed E-state index contributed by atoms with van der Waals surface area (Å²) in [5.41, 5.74) is 2.45. The fourth-order valence-electron chi connectivity index (χ4n) is 1.37. The molecule has 0 heterocycles. The van der Waals surface area contributed by atoms with E-state index in [1.165, 1.54) is 5.54 Å². The molecule has 0 amide bonds. The van der Waals surface area contributed by atoms with Crippen LogP contribution in [-0.2, 0) is 6.54 Å². The molecule has 2 nitrogen and oxygen atoms in total. The first-order valence-electron chi connectivity index (χ1n) is 5.84. The maximum absolute atomic E-state index is 6.21. The molecule has 0 spiro atoms. The van der Waals surface area contributed by atoms with Gasteiger partial charge in [0.05, 0.1) is 0 Å². The molecular formula is C14H19Cl2NO. The molecule has 0 aliphatic rings. The summed E-state index contributed by atoms with van der Waals surface area (Å²) in [6.07, 6.45) is 1.74. The minimum Gasteiger partial charge on any atom is -0.489 e. The van der Waals surface area contributed by atoms with Gasteiger partial charge in [-0.25, -0.2) is 0 Å². The molecule has 0 saturated heterocycles. The van der Waals surface area contributed by atoms with E-state index in [1.54, 1.807) is 6.08 Å². The predicted octanol–water partition coefficient (Wildman–Crippen LogP) is 4.36. The van der Waals surface area contributed by atoms with Crippen molar-refractivity contribution in [3.63, 3.8) is 0 Å². The molecule has 0 aliphatic carbocycles. The molecule has 0 aromatic heterocycles. The Morgan fingerprint density at radius 2 is 2.06 bits per heavy atom. The Balaban J connectivity index is 2.80. The Morgan fingerprint density at radius 1 is 1.33 bits per heavy atom. The molecule has 1 rings (SSSR count). The van der Waals surface area contributed by atoms with Gasteiger partial charge in [0.1, 0.15) is 12.4 Å². The lowest BCUT2D eigenvalue weighted by atomic mass is 10.1. The lowest BCUT2D eigenvalue weighted by Crippen LogP contribution is -2.35. The van der Waals surface area contributed by atoms with Crippen LogP contribution in [0, 0.1) is 0 Å². The van der Waals surface area contributed by atoms with Crippen molar-refractivity contribution in [2.24, 2.45) is 0 Å². The quantitative estimate of drug-likeness (QED) is 0.869. The van der Waals surface area contributed by atoms with Gasteiger partial charge in [0.15, 0.2) is 0 Å². The first kappa shape index (κ1) is 15.4. The predicted molar refractivity (Wildman–Crippen MR) is 78.5 cm³/mol. The van der Waals surface area contributed by atoms with Crippen LogP contribution in [0.15, 0.2) is 29.8 Å². The van der Waals surface area contributed by atoms with Crippen LogP contribution in [0.5, 0.6) is 5.75 Å². The Bertz CT molecular complexity index is 411. The number of rotatable bonds is 5. The second-order valence-electron chi connectivity index (χ2n) is 4.99. The zero-order valence-electron chi connectivity index (χ0n) is 11.0. The van der Waals surface area contributed by atoms with Crippen LogP contribution in [0.1, 0.15) is 26.3 Å². The number of hydrogen-bond acceptors (Lipinski definition) is 2. The van der Waals surface area contributed by atoms with Gasteiger partial charge in [0.2, 0.25) is 0 Å². The van der Waals surface area contributed by atoms with Crippen LogP contribution in [0.2, 0.25) is 5.02 Å². The van der Waals surface area contributed by atoms with Crippen molar-refractivity contribution in [2.75, 3.05) is 6.61 Å². The third kappa shape index (κ3) is 5.30. The topological polar surface area (TPSA) is 21.3 Å². The highest BCUT2D eigenvalue weighted by Gasteiger charge is 2.13. The van der Waals surface area contributed by atoms with Crippen LogP contribution in [0.4, 0.5) is 0 Å². The summed E-state index contributed by atoms with van der Waals surface area (Å²) in [5.74, 6) is 0.786. The van der Waals surface area contributed by atoms with Crippen LogP contribution < -0.4 is 10.1 Å². The largest absolute Gasteiger partial charge is 0.489 e. The van der Waals surface area contributed by atoms with Crippen molar-refractivity contribution < 1.29 is 4.74 Å². The third-order valence-corrected chi connectivity index (χ3v) is 2.83. The van der Waals surface area contributed by atoms with E-state index in [-0.39, 0.29) is 5.54 Å². The Morgan fingerprint density at radius 3 is 2.67 bits per heavy atom. The molecule has 1 N–H and O–H groups in total. The summed E-state index contributed by atoms with van der Waals surface area (Å²) >= 11 is 11.7. The zero-order chi connectivity index (χ0) is 13.6. The molecule has 0 saturated carbocycles. The van der Waals surface area contributed by atoms with Crippen molar-refractivity contribution in [1.82, 2.24) is 5.32 Å². The van der Waals surface area contributed by atoms with Crippen LogP contribution in [-0.4, -0.2) is 12.1 Å². The maximum atomic E-state index is 6.21. The number of nitrogens with one attached hydrogen (secondary N) is 1. The number of halogens is 2. The van der Waals surface area contributed by atoms with Gasteiger partial charge in [-0.15, -0.1) is 0 Å². The smallest absolute Gasteiger partial charge is 0.125 e. The number of benzene rings is 1. The summed E-state index contributed by atoms with van der Waals surface area (Å²) in [4.78, 5) is 0. The average Bonchev–Trinajstić information content (AvgIpc) is 2.27. The Kier molecular flexibility index (Phi) is 6.00. The maximum Gasteiger partial charge on any atom is 0.125 e. The fourth-order valence-corrected chi connectivity index (χ4v) is 1.68. The normalized spacial score (nSPS) is 12.1. The van der Waals surface area contributed by atoms with Crippen LogP contribution in [0.3, 0.4) is 0 Å². The van der Waals surface area contributed by atoms with Gasteiger partial charge in [-0.1, -0.05) is 29.3 Å². The SMILES string of the molecule is CC(C)(C)NCc1c(Cl)cccc1OC/C=C/Cl. The Hall–Kier alpha value is -0.700. The molecule has 0 unspecified atom stereocenters. The van der Waals surface area contributed by atoms with E-state index in [1.807, 2.05) is 18.2 Å². The van der Waals surface area contributed by atoms with Gasteiger partial charge in [0.25, 0.3) is 0 Å². The summed E-state index contributed by atoms with van der Waals surface area (Å²) in [6.45, 7) is 7.44. The molecule has 4 heteroatoms. The van der Waals surface area contributed by atoms with E-state index in [0.717, 1.165) is 11.3 Å². The van der Waals surface area contributed by atoms with Crippen LogP contribution in [0.25, 0.3) is 0 Å². The molecule has 1 aromatic carbocycles. The average molecular weight is 288 g/mol. The highest BCUT2D eigenvalue weighted by molar-refractivity contribution is 6.31. The molecule has 0 bridgehead atoms. The Labute approximate surface area is 119 Å². The summed E-state index contributed by atoms with van der Waals surface area (Å²) in [7, 11) is 0. The van der Waals surface area contributed by atoms with E-state index in [2.05, 4.69) is 26.1 Å². The zero-order valence-corrected chi connectivity index (χ0v) is 12.5. The number of hydrogen-bond donors (Lipinski definition) is 1. The molecule has 0 radical (unpaired) electrons. The minimum absolute atomic E-state index is 0.0342. The van der Waals surface area contributed by atoms with Crippen molar-refractivity contribution >= 4 is 23.2 Å². The van der Waals surface area contributed by atoms with Gasteiger partial charge in [-0.05, 0) is 39.0 Å². The molecule has 18 heavy (non-hydrogen) atoms. The molecule has 0 aliphatic heterocycles. The molecule has 100 valence electrons. The summed E-state index contributed by atoms with van der Waals surface area (Å²) in [6, 6.07) is 5.65. The second kappa shape index (κ2) is 7.03. The molecule has 0 fully saturated rings. The van der Waals surface area contributed by atoms with Crippen LogP contribution >= 0.6 is 23.2 Å². The van der Waals surface area contributed by atoms with E-state index < -0.39 is 0 Å². The standard InChI is InChI=1S/C14H19Cl2NO/c1-14(2,3)17-10-11-12(16)6-4-7-13(11)18-9-5-8-15/h4-8,17H,9-10H2,1-3H3/b8-5+. The fraction of sp³-hybridized carbons (Fsp3) is 0.429. The number of ether oxygens (including phenoxy) is 1. The van der Waals surface area contributed by atoms with E-state index in [4.69, 9.17) is 27.9 Å². The first-order chi connectivity index (χ1) is 8.44. The van der Waals surface area contributed by atoms with Crippen molar-refractivity contribution in [2.45, 2.75) is 32.9 Å². The van der Waals surface area contributed by atoms with Gasteiger partial charge in [-0.3, -0.25) is 0 Å². The lowest BCUT2D eigenvalue weighted by Gasteiger charge is -2.22. The summed E-state index contributed by atoms with van der Waals surface area (Å²) in [5, 5.41) is 4.11. The van der Waals surface area contributed by atoms with Gasteiger partial charge in [-0.2, -0.15) is 0 Å². The monoisotopic (exact) mass is 287 g/mol. The lowest BCUT2D eigenvalue weighted by molar-refractivity contribution is 0.352. The van der Waals surface area contributed by atoms with E-state index >= 15 is 0 Å². The van der Waals surface area contributed by atoms with Gasteiger partial charge < -0.3 is 10.1 Å². The van der Waals surface area contributed by atoms with Gasteiger partial charge >= 0.3 is 0 Å². The third-order valence-electron chi connectivity index (χ3n) is 2.30. The van der Waals surface area contributed by atoms with Crippen molar-refractivity contribution in [3.05, 3.63) is 40.4 Å². The highest BCUT2D eigenvalue weighted by atomic mass is 35.5. The molecule has 1 aromatic rings. The molecule has 0 atom stereocenters. The first-order valence-corrected chi connectivity index (χ1v) is 6.66. The molecular weight excluding hydrogens is 269 g/mol. The summed E-state index contributed by atoms with van der Waals surface area (Å²) < 4.78 is 5.63. The minimum atomic E-state index is 0.0342. The highest BCUT2D eigenvalue weighted by Crippen LogP contribution is 2.26. The van der Waals surface area contributed by atoms with Crippen molar-refractivity contribution in [1.29, 1.82) is 0 Å².